The lowest BCUT2D eigenvalue weighted by Gasteiger charge is -2.32. The third kappa shape index (κ3) is 5.14. The first kappa shape index (κ1) is 23.0. The van der Waals surface area contributed by atoms with Crippen LogP contribution < -0.4 is 10.4 Å². The Hall–Kier alpha value is -1.66. The molecule has 0 aromatic heterocycles. The molecule has 1 fully saturated rings. The number of rotatable bonds is 7. The van der Waals surface area contributed by atoms with Gasteiger partial charge in [-0.2, -0.15) is 0 Å². The van der Waals surface area contributed by atoms with Gasteiger partial charge in [0.05, 0.1) is 17.3 Å². The predicted octanol–water partition coefficient (Wildman–Crippen LogP) is 4.14. The van der Waals surface area contributed by atoms with E-state index < -0.39 is 9.04 Å². The highest BCUT2D eigenvalue weighted by Gasteiger charge is 2.50. The Kier molecular flexibility index (Phi) is 7.08. The summed E-state index contributed by atoms with van der Waals surface area (Å²) in [6.07, 6.45) is 0.00102. The van der Waals surface area contributed by atoms with Crippen LogP contribution in [0.1, 0.15) is 48.5 Å². The standard InChI is InChI=1S/C25H35BO3Si/c1-19(2)23(20(3)18-26-28-24(4,5)25(6,7)29-26)27-30(21-14-10-8-11-15-21)22-16-12-9-13-17-22/h8-19,23,30H,1-7H3/b20-18+. The lowest BCUT2D eigenvalue weighted by molar-refractivity contribution is 0.00578. The molecule has 0 amide bonds. The highest BCUT2D eigenvalue weighted by molar-refractivity contribution is 6.80. The molecule has 0 saturated carbocycles. The molecular formula is C25H35BO3Si. The number of hydrogen-bond donors (Lipinski definition) is 0. The molecule has 0 N–H and O–H groups in total. The van der Waals surface area contributed by atoms with Crippen molar-refractivity contribution in [3.63, 3.8) is 0 Å². The van der Waals surface area contributed by atoms with Gasteiger partial charge in [0.15, 0.2) is 0 Å². The molecule has 30 heavy (non-hydrogen) atoms. The molecule has 1 aliphatic heterocycles. The Bertz CT molecular complexity index is 794. The van der Waals surface area contributed by atoms with Crippen LogP contribution in [-0.2, 0) is 13.7 Å². The molecule has 2 aromatic carbocycles. The number of benzene rings is 2. The summed E-state index contributed by atoms with van der Waals surface area (Å²) < 4.78 is 19.3. The van der Waals surface area contributed by atoms with Crippen molar-refractivity contribution in [2.75, 3.05) is 0 Å². The van der Waals surface area contributed by atoms with Gasteiger partial charge in [-0.3, -0.25) is 0 Å². The van der Waals surface area contributed by atoms with Gasteiger partial charge in [-0.05, 0) is 50.9 Å². The van der Waals surface area contributed by atoms with Gasteiger partial charge in [-0.1, -0.05) is 86.1 Å². The highest BCUT2D eigenvalue weighted by Crippen LogP contribution is 2.37. The summed E-state index contributed by atoms with van der Waals surface area (Å²) in [6.45, 7) is 14.9. The van der Waals surface area contributed by atoms with Crippen LogP contribution in [0.3, 0.4) is 0 Å². The molecule has 3 rings (SSSR count). The molecule has 2 aromatic rings. The Labute approximate surface area is 184 Å². The van der Waals surface area contributed by atoms with Gasteiger partial charge in [-0.25, -0.2) is 0 Å². The monoisotopic (exact) mass is 422 g/mol. The van der Waals surface area contributed by atoms with Crippen LogP contribution in [0.15, 0.2) is 72.2 Å². The van der Waals surface area contributed by atoms with Crippen LogP contribution in [0.4, 0.5) is 0 Å². The fourth-order valence-corrected chi connectivity index (χ4v) is 6.47. The van der Waals surface area contributed by atoms with Crippen LogP contribution in [0, 0.1) is 5.92 Å². The van der Waals surface area contributed by atoms with E-state index in [0.717, 1.165) is 5.57 Å². The second kappa shape index (κ2) is 9.23. The van der Waals surface area contributed by atoms with E-state index in [-0.39, 0.29) is 24.4 Å². The molecule has 1 aliphatic rings. The Morgan fingerprint density at radius 3 is 1.70 bits per heavy atom. The SMILES string of the molecule is C/C(=C\B1OC(C)(C)C(C)(C)O1)C(O[SiH](c1ccccc1)c1ccccc1)C(C)C. The minimum absolute atomic E-state index is 0.00102. The Morgan fingerprint density at radius 2 is 1.30 bits per heavy atom. The van der Waals surface area contributed by atoms with Crippen molar-refractivity contribution >= 4 is 26.5 Å². The second-order valence-electron chi connectivity index (χ2n) is 9.54. The van der Waals surface area contributed by atoms with Crippen LogP contribution in [-0.4, -0.2) is 33.5 Å². The van der Waals surface area contributed by atoms with Crippen LogP contribution >= 0.6 is 0 Å². The van der Waals surface area contributed by atoms with Gasteiger partial charge < -0.3 is 13.7 Å². The third-order valence-corrected chi connectivity index (χ3v) is 8.76. The van der Waals surface area contributed by atoms with Gasteiger partial charge >= 0.3 is 7.12 Å². The summed E-state index contributed by atoms with van der Waals surface area (Å²) in [7, 11) is -2.20. The average molecular weight is 422 g/mol. The largest absolute Gasteiger partial charge is 0.487 e. The predicted molar refractivity (Wildman–Crippen MR) is 129 cm³/mol. The lowest BCUT2D eigenvalue weighted by atomic mass is 9.84. The van der Waals surface area contributed by atoms with E-state index >= 15 is 0 Å². The van der Waals surface area contributed by atoms with E-state index in [4.69, 9.17) is 13.7 Å². The van der Waals surface area contributed by atoms with Gasteiger partial charge in [0, 0.05) is 0 Å². The first-order valence-corrected chi connectivity index (χ1v) is 12.5. The van der Waals surface area contributed by atoms with Crippen LogP contribution in [0.2, 0.25) is 0 Å². The van der Waals surface area contributed by atoms with Crippen molar-refractivity contribution in [2.24, 2.45) is 5.92 Å². The van der Waals surface area contributed by atoms with Gasteiger partial charge in [0.25, 0.3) is 0 Å². The van der Waals surface area contributed by atoms with Gasteiger partial charge in [0.2, 0.25) is 9.04 Å². The van der Waals surface area contributed by atoms with Crippen LogP contribution in [0.25, 0.3) is 0 Å². The number of hydrogen-bond acceptors (Lipinski definition) is 3. The van der Waals surface area contributed by atoms with Gasteiger partial charge in [0.1, 0.15) is 0 Å². The minimum Gasteiger partial charge on any atom is -0.404 e. The molecule has 1 unspecified atom stereocenters. The second-order valence-corrected chi connectivity index (χ2v) is 11.9. The maximum absolute atomic E-state index is 6.92. The van der Waals surface area contributed by atoms with E-state index in [9.17, 15) is 0 Å². The van der Waals surface area contributed by atoms with Crippen molar-refractivity contribution in [2.45, 2.75) is 65.8 Å². The van der Waals surface area contributed by atoms with Crippen molar-refractivity contribution < 1.29 is 13.7 Å². The molecule has 0 aliphatic carbocycles. The summed E-state index contributed by atoms with van der Waals surface area (Å²) in [4.78, 5) is 0. The van der Waals surface area contributed by atoms with E-state index in [2.05, 4.69) is 115 Å². The maximum atomic E-state index is 6.92. The maximum Gasteiger partial charge on any atom is 0.487 e. The van der Waals surface area contributed by atoms with Crippen molar-refractivity contribution in [1.29, 1.82) is 0 Å². The van der Waals surface area contributed by atoms with E-state index in [0.29, 0.717) is 5.92 Å². The molecule has 160 valence electrons. The highest BCUT2D eigenvalue weighted by atomic mass is 28.3. The van der Waals surface area contributed by atoms with Crippen molar-refractivity contribution in [3.8, 4) is 0 Å². The van der Waals surface area contributed by atoms with Crippen molar-refractivity contribution in [1.82, 2.24) is 0 Å². The molecule has 1 heterocycles. The topological polar surface area (TPSA) is 27.7 Å². The quantitative estimate of drug-likeness (QED) is 0.628. The zero-order chi connectivity index (χ0) is 21.9. The Morgan fingerprint density at radius 1 is 0.867 bits per heavy atom. The fraction of sp³-hybridized carbons (Fsp3) is 0.440. The zero-order valence-electron chi connectivity index (χ0n) is 19.4. The van der Waals surface area contributed by atoms with E-state index in [1.807, 2.05) is 0 Å². The summed E-state index contributed by atoms with van der Waals surface area (Å²) in [5, 5.41) is 2.58. The summed E-state index contributed by atoms with van der Waals surface area (Å²) in [6, 6.07) is 21.3. The molecule has 0 radical (unpaired) electrons. The third-order valence-electron chi connectivity index (χ3n) is 6.21. The van der Waals surface area contributed by atoms with Gasteiger partial charge in [-0.15, -0.1) is 0 Å². The minimum atomic E-state index is -1.84. The van der Waals surface area contributed by atoms with Crippen molar-refractivity contribution in [3.05, 3.63) is 72.2 Å². The molecule has 0 spiro atoms. The Balaban J connectivity index is 1.88. The van der Waals surface area contributed by atoms with Crippen LogP contribution in [0.5, 0.6) is 0 Å². The lowest BCUT2D eigenvalue weighted by Crippen LogP contribution is -2.48. The fourth-order valence-electron chi connectivity index (χ4n) is 3.81. The smallest absolute Gasteiger partial charge is 0.404 e. The summed E-state index contributed by atoms with van der Waals surface area (Å²) in [5.41, 5.74) is 0.481. The molecule has 3 nitrogen and oxygen atoms in total. The normalized spacial score (nSPS) is 19.5. The molecule has 0 bridgehead atoms. The molecule has 1 saturated heterocycles. The molecule has 5 heteroatoms. The first-order valence-electron chi connectivity index (χ1n) is 10.9. The van der Waals surface area contributed by atoms with E-state index in [1.165, 1.54) is 10.4 Å². The summed E-state index contributed by atoms with van der Waals surface area (Å²) in [5.74, 6) is 2.44. The average Bonchev–Trinajstić information content (AvgIpc) is 2.89. The molecular weight excluding hydrogens is 387 g/mol. The summed E-state index contributed by atoms with van der Waals surface area (Å²) >= 11 is 0. The zero-order valence-corrected chi connectivity index (χ0v) is 20.5. The first-order chi connectivity index (χ1) is 14.1. The van der Waals surface area contributed by atoms with E-state index in [1.54, 1.807) is 0 Å². The molecule has 1 atom stereocenters.